The lowest BCUT2D eigenvalue weighted by molar-refractivity contribution is 0.0946. The normalized spacial score (nSPS) is 17.4. The van der Waals surface area contributed by atoms with Crippen molar-refractivity contribution in [3.63, 3.8) is 0 Å². The highest BCUT2D eigenvalue weighted by Gasteiger charge is 2.35. The Bertz CT molecular complexity index is 908. The van der Waals surface area contributed by atoms with E-state index in [4.69, 9.17) is 4.74 Å². The van der Waals surface area contributed by atoms with Crippen LogP contribution in [0.3, 0.4) is 0 Å². The molecule has 2 aromatic carbocycles. The molecule has 0 radical (unpaired) electrons. The number of benzene rings is 2. The minimum atomic E-state index is -3.56. The van der Waals surface area contributed by atoms with E-state index < -0.39 is 10.0 Å². The number of carbonyl (C=O) groups excluding carboxylic acids is 1. The fraction of sp³-hybridized carbons (Fsp3) is 0.381. The van der Waals surface area contributed by atoms with Gasteiger partial charge in [0.15, 0.2) is 0 Å². The van der Waals surface area contributed by atoms with Gasteiger partial charge in [-0.3, -0.25) is 4.79 Å². The largest absolute Gasteiger partial charge is 0.494 e. The van der Waals surface area contributed by atoms with Gasteiger partial charge in [0, 0.05) is 24.7 Å². The van der Waals surface area contributed by atoms with Crippen LogP contribution in [0.2, 0.25) is 0 Å². The standard InChI is InChI=1S/C21H26N2O4S/c1-3-27-19-10-8-17(9-11-19)21(24)22-15-18-5-4-14-23(18)28(25,26)20-12-6-16(2)7-13-20/h6-13,18H,3-5,14-15H2,1-2H3,(H,22,24). The third-order valence-electron chi connectivity index (χ3n) is 4.88. The molecule has 1 fully saturated rings. The van der Waals surface area contributed by atoms with Crippen molar-refractivity contribution < 1.29 is 17.9 Å². The predicted octanol–water partition coefficient (Wildman–Crippen LogP) is 2.98. The van der Waals surface area contributed by atoms with Gasteiger partial charge < -0.3 is 10.1 Å². The average molecular weight is 403 g/mol. The number of ether oxygens (including phenoxy) is 1. The summed E-state index contributed by atoms with van der Waals surface area (Å²) in [6, 6.07) is 13.5. The van der Waals surface area contributed by atoms with E-state index in [0.29, 0.717) is 29.4 Å². The van der Waals surface area contributed by atoms with Crippen LogP contribution in [0.15, 0.2) is 53.4 Å². The van der Waals surface area contributed by atoms with Crippen molar-refractivity contribution >= 4 is 15.9 Å². The Balaban J connectivity index is 1.65. The molecule has 1 unspecified atom stereocenters. The quantitative estimate of drug-likeness (QED) is 0.773. The fourth-order valence-electron chi connectivity index (χ4n) is 3.36. The van der Waals surface area contributed by atoms with Crippen LogP contribution >= 0.6 is 0 Å². The van der Waals surface area contributed by atoms with Crippen LogP contribution in [0.4, 0.5) is 0 Å². The van der Waals surface area contributed by atoms with Crippen molar-refractivity contribution in [2.24, 2.45) is 0 Å². The van der Waals surface area contributed by atoms with Crippen LogP contribution in [0, 0.1) is 6.92 Å². The van der Waals surface area contributed by atoms with Crippen molar-refractivity contribution in [2.75, 3.05) is 19.7 Å². The first kappa shape index (κ1) is 20.4. The third kappa shape index (κ3) is 4.54. The minimum absolute atomic E-state index is 0.220. The summed E-state index contributed by atoms with van der Waals surface area (Å²) in [5.74, 6) is 0.493. The van der Waals surface area contributed by atoms with Gasteiger partial charge in [0.2, 0.25) is 10.0 Å². The summed E-state index contributed by atoms with van der Waals surface area (Å²) in [4.78, 5) is 12.7. The molecule has 1 saturated heterocycles. The van der Waals surface area contributed by atoms with Gasteiger partial charge in [0.25, 0.3) is 5.91 Å². The van der Waals surface area contributed by atoms with E-state index in [1.807, 2.05) is 13.8 Å². The zero-order valence-electron chi connectivity index (χ0n) is 16.2. The van der Waals surface area contributed by atoms with Gasteiger partial charge in [0.1, 0.15) is 5.75 Å². The molecule has 1 aliphatic heterocycles. The second kappa shape index (κ2) is 8.75. The minimum Gasteiger partial charge on any atom is -0.494 e. The Morgan fingerprint density at radius 1 is 1.14 bits per heavy atom. The predicted molar refractivity (Wildman–Crippen MR) is 108 cm³/mol. The molecule has 3 rings (SSSR count). The highest BCUT2D eigenvalue weighted by atomic mass is 32.2. The Hall–Kier alpha value is -2.38. The monoisotopic (exact) mass is 402 g/mol. The third-order valence-corrected chi connectivity index (χ3v) is 6.84. The van der Waals surface area contributed by atoms with Gasteiger partial charge in [-0.05, 0) is 63.1 Å². The summed E-state index contributed by atoms with van der Waals surface area (Å²) in [6.45, 7) is 5.15. The van der Waals surface area contributed by atoms with E-state index in [2.05, 4.69) is 5.32 Å². The number of hydrogen-bond donors (Lipinski definition) is 1. The maximum Gasteiger partial charge on any atom is 0.251 e. The van der Waals surface area contributed by atoms with Gasteiger partial charge >= 0.3 is 0 Å². The second-order valence-electron chi connectivity index (χ2n) is 6.89. The molecule has 0 aliphatic carbocycles. The fourth-order valence-corrected chi connectivity index (χ4v) is 5.05. The lowest BCUT2D eigenvalue weighted by Gasteiger charge is -2.24. The molecule has 28 heavy (non-hydrogen) atoms. The highest BCUT2D eigenvalue weighted by molar-refractivity contribution is 7.89. The van der Waals surface area contributed by atoms with E-state index >= 15 is 0 Å². The molecule has 1 amide bonds. The van der Waals surface area contributed by atoms with Gasteiger partial charge in [-0.1, -0.05) is 17.7 Å². The lowest BCUT2D eigenvalue weighted by Crippen LogP contribution is -2.43. The van der Waals surface area contributed by atoms with E-state index in [0.717, 1.165) is 18.4 Å². The molecule has 0 aromatic heterocycles. The number of carbonyl (C=O) groups is 1. The SMILES string of the molecule is CCOc1ccc(C(=O)NCC2CCCN2S(=O)(=O)c2ccc(C)cc2)cc1. The Morgan fingerprint density at radius 3 is 2.46 bits per heavy atom. The first-order chi connectivity index (χ1) is 13.4. The van der Waals surface area contributed by atoms with Gasteiger partial charge in [-0.25, -0.2) is 8.42 Å². The molecule has 1 N–H and O–H groups in total. The molecular weight excluding hydrogens is 376 g/mol. The van der Waals surface area contributed by atoms with E-state index in [1.165, 1.54) is 4.31 Å². The number of amides is 1. The molecule has 1 heterocycles. The van der Waals surface area contributed by atoms with E-state index in [9.17, 15) is 13.2 Å². The number of nitrogens with one attached hydrogen (secondary N) is 1. The number of hydrogen-bond acceptors (Lipinski definition) is 4. The molecule has 6 nitrogen and oxygen atoms in total. The van der Waals surface area contributed by atoms with Crippen LogP contribution in [0.25, 0.3) is 0 Å². The molecule has 2 aromatic rings. The molecular formula is C21H26N2O4S. The summed E-state index contributed by atoms with van der Waals surface area (Å²) in [6.07, 6.45) is 1.52. The smallest absolute Gasteiger partial charge is 0.251 e. The topological polar surface area (TPSA) is 75.7 Å². The van der Waals surface area contributed by atoms with Crippen LogP contribution in [0.1, 0.15) is 35.7 Å². The van der Waals surface area contributed by atoms with Crippen molar-refractivity contribution in [3.8, 4) is 5.75 Å². The summed E-state index contributed by atoms with van der Waals surface area (Å²) in [5.41, 5.74) is 1.54. The number of aryl methyl sites for hydroxylation is 1. The Morgan fingerprint density at radius 2 is 1.82 bits per heavy atom. The van der Waals surface area contributed by atoms with Crippen molar-refractivity contribution in [1.29, 1.82) is 0 Å². The van der Waals surface area contributed by atoms with E-state index in [1.54, 1.807) is 48.5 Å². The zero-order chi connectivity index (χ0) is 20.1. The van der Waals surface area contributed by atoms with Crippen LogP contribution in [0.5, 0.6) is 5.75 Å². The van der Waals surface area contributed by atoms with Gasteiger partial charge in [-0.15, -0.1) is 0 Å². The Kier molecular flexibility index (Phi) is 6.36. The van der Waals surface area contributed by atoms with Crippen LogP contribution in [-0.4, -0.2) is 44.4 Å². The van der Waals surface area contributed by atoms with Crippen molar-refractivity contribution in [3.05, 3.63) is 59.7 Å². The van der Waals surface area contributed by atoms with Crippen LogP contribution in [-0.2, 0) is 10.0 Å². The summed E-state index contributed by atoms with van der Waals surface area (Å²) in [7, 11) is -3.56. The van der Waals surface area contributed by atoms with Crippen molar-refractivity contribution in [1.82, 2.24) is 9.62 Å². The van der Waals surface area contributed by atoms with Crippen molar-refractivity contribution in [2.45, 2.75) is 37.6 Å². The maximum atomic E-state index is 13.0. The molecule has 0 spiro atoms. The molecule has 150 valence electrons. The van der Waals surface area contributed by atoms with Gasteiger partial charge in [0.05, 0.1) is 11.5 Å². The highest BCUT2D eigenvalue weighted by Crippen LogP contribution is 2.26. The molecule has 7 heteroatoms. The molecule has 0 bridgehead atoms. The summed E-state index contributed by atoms with van der Waals surface area (Å²) >= 11 is 0. The first-order valence-corrected chi connectivity index (χ1v) is 11.0. The summed E-state index contributed by atoms with van der Waals surface area (Å²) < 4.78 is 32.8. The molecule has 1 aliphatic rings. The van der Waals surface area contributed by atoms with E-state index in [-0.39, 0.29) is 18.5 Å². The van der Waals surface area contributed by atoms with Gasteiger partial charge in [-0.2, -0.15) is 4.31 Å². The molecule has 0 saturated carbocycles. The second-order valence-corrected chi connectivity index (χ2v) is 8.78. The molecule has 1 atom stereocenters. The lowest BCUT2D eigenvalue weighted by atomic mass is 10.2. The Labute approximate surface area is 166 Å². The maximum absolute atomic E-state index is 13.0. The van der Waals surface area contributed by atoms with Crippen LogP contribution < -0.4 is 10.1 Å². The number of rotatable bonds is 7. The first-order valence-electron chi connectivity index (χ1n) is 9.51. The summed E-state index contributed by atoms with van der Waals surface area (Å²) in [5, 5.41) is 2.87. The zero-order valence-corrected chi connectivity index (χ0v) is 17.0. The number of sulfonamides is 1. The average Bonchev–Trinajstić information content (AvgIpc) is 3.17. The number of nitrogens with zero attached hydrogens (tertiary/aromatic N) is 1.